The Kier molecular flexibility index (Phi) is 6.21. The minimum atomic E-state index is -4.45. The summed E-state index contributed by atoms with van der Waals surface area (Å²) < 4.78 is 47.4. The van der Waals surface area contributed by atoms with Crippen molar-refractivity contribution in [2.24, 2.45) is 0 Å². The molecule has 2 aromatic carbocycles. The number of carbonyl (C=O) groups excluding carboxylic acids is 2. The maximum atomic E-state index is 12.5. The largest absolute Gasteiger partial charge is 0.482 e. The first kappa shape index (κ1) is 19.3. The van der Waals surface area contributed by atoms with E-state index in [1.54, 1.807) is 12.1 Å². The van der Waals surface area contributed by atoms with Crippen LogP contribution >= 0.6 is 0 Å². The smallest absolute Gasteiger partial charge is 0.416 e. The van der Waals surface area contributed by atoms with Crippen LogP contribution in [0.3, 0.4) is 0 Å². The number of amides is 1. The number of halogens is 3. The molecular formula is C18H16F3NO4. The molecule has 1 amide bonds. The van der Waals surface area contributed by atoms with E-state index in [0.29, 0.717) is 5.75 Å². The van der Waals surface area contributed by atoms with Crippen molar-refractivity contribution in [1.82, 2.24) is 0 Å². The molecule has 0 bridgehead atoms. The van der Waals surface area contributed by atoms with E-state index >= 15 is 0 Å². The molecule has 5 nitrogen and oxygen atoms in total. The van der Waals surface area contributed by atoms with Gasteiger partial charge in [0, 0.05) is 5.69 Å². The first-order valence-corrected chi connectivity index (χ1v) is 7.57. The van der Waals surface area contributed by atoms with Gasteiger partial charge in [-0.15, -0.1) is 0 Å². The third-order valence-electron chi connectivity index (χ3n) is 3.30. The van der Waals surface area contributed by atoms with Gasteiger partial charge in [0.05, 0.1) is 5.56 Å². The number of aryl methyl sites for hydroxylation is 1. The van der Waals surface area contributed by atoms with E-state index in [9.17, 15) is 22.8 Å². The van der Waals surface area contributed by atoms with Gasteiger partial charge >= 0.3 is 12.1 Å². The summed E-state index contributed by atoms with van der Waals surface area (Å²) in [7, 11) is 0. The molecule has 1 N–H and O–H groups in total. The number of esters is 1. The Morgan fingerprint density at radius 3 is 2.27 bits per heavy atom. The predicted octanol–water partition coefficient (Wildman–Crippen LogP) is 3.57. The fraction of sp³-hybridized carbons (Fsp3) is 0.222. The lowest BCUT2D eigenvalue weighted by molar-refractivity contribution is -0.149. The molecule has 2 rings (SSSR count). The molecule has 0 aromatic heterocycles. The highest BCUT2D eigenvalue weighted by Crippen LogP contribution is 2.29. The number of hydrogen-bond acceptors (Lipinski definition) is 4. The monoisotopic (exact) mass is 367 g/mol. The van der Waals surface area contributed by atoms with Crippen LogP contribution in [-0.2, 0) is 20.5 Å². The van der Waals surface area contributed by atoms with Gasteiger partial charge in [-0.05, 0) is 42.8 Å². The zero-order valence-electron chi connectivity index (χ0n) is 13.8. The van der Waals surface area contributed by atoms with Crippen LogP contribution in [0.4, 0.5) is 18.9 Å². The molecule has 138 valence electrons. The average Bonchev–Trinajstić information content (AvgIpc) is 2.59. The minimum absolute atomic E-state index is 0.162. The molecule has 26 heavy (non-hydrogen) atoms. The second-order valence-electron chi connectivity index (χ2n) is 5.34. The van der Waals surface area contributed by atoms with Crippen LogP contribution in [-0.4, -0.2) is 25.1 Å². The number of ether oxygens (including phenoxy) is 2. The standard InChI is InChI=1S/C18H16F3NO4/c1-12-4-2-3-5-15(12)25-11-17(24)26-10-16(23)22-14-8-6-13(7-9-14)18(19,20)21/h2-9H,10-11H2,1H3,(H,22,23). The normalized spacial score (nSPS) is 10.9. The van der Waals surface area contributed by atoms with E-state index < -0.39 is 30.2 Å². The molecular weight excluding hydrogens is 351 g/mol. The van der Waals surface area contributed by atoms with Gasteiger partial charge in [0.15, 0.2) is 13.2 Å². The fourth-order valence-corrected chi connectivity index (χ4v) is 1.98. The van der Waals surface area contributed by atoms with Crippen molar-refractivity contribution < 1.29 is 32.2 Å². The number of carbonyl (C=O) groups is 2. The van der Waals surface area contributed by atoms with Crippen LogP contribution in [0.1, 0.15) is 11.1 Å². The minimum Gasteiger partial charge on any atom is -0.482 e. The van der Waals surface area contributed by atoms with Crippen molar-refractivity contribution in [2.45, 2.75) is 13.1 Å². The van der Waals surface area contributed by atoms with E-state index in [1.807, 2.05) is 19.1 Å². The maximum Gasteiger partial charge on any atom is 0.416 e. The van der Waals surface area contributed by atoms with Crippen LogP contribution in [0, 0.1) is 6.92 Å². The summed E-state index contributed by atoms with van der Waals surface area (Å²) in [6.45, 7) is 0.883. The maximum absolute atomic E-state index is 12.5. The molecule has 0 spiro atoms. The third-order valence-corrected chi connectivity index (χ3v) is 3.30. The number of alkyl halides is 3. The van der Waals surface area contributed by atoms with E-state index in [4.69, 9.17) is 9.47 Å². The third kappa shape index (κ3) is 5.80. The van der Waals surface area contributed by atoms with Crippen LogP contribution in [0.5, 0.6) is 5.75 Å². The van der Waals surface area contributed by atoms with Crippen LogP contribution in [0.15, 0.2) is 48.5 Å². The van der Waals surface area contributed by atoms with Gasteiger partial charge < -0.3 is 14.8 Å². The van der Waals surface area contributed by atoms with Crippen molar-refractivity contribution in [2.75, 3.05) is 18.5 Å². The van der Waals surface area contributed by atoms with Gasteiger partial charge in [0.25, 0.3) is 5.91 Å². The molecule has 0 unspecified atom stereocenters. The highest BCUT2D eigenvalue weighted by molar-refractivity contribution is 5.92. The second-order valence-corrected chi connectivity index (χ2v) is 5.34. The first-order chi connectivity index (χ1) is 12.3. The molecule has 0 aliphatic heterocycles. The molecule has 0 heterocycles. The van der Waals surface area contributed by atoms with Crippen molar-refractivity contribution in [1.29, 1.82) is 0 Å². The Morgan fingerprint density at radius 1 is 1.00 bits per heavy atom. The van der Waals surface area contributed by atoms with Gasteiger partial charge in [-0.3, -0.25) is 4.79 Å². The summed E-state index contributed by atoms with van der Waals surface area (Å²) in [4.78, 5) is 23.3. The Balaban J connectivity index is 1.76. The second kappa shape index (κ2) is 8.37. The SMILES string of the molecule is Cc1ccccc1OCC(=O)OCC(=O)Nc1ccc(C(F)(F)F)cc1. The summed E-state index contributed by atoms with van der Waals surface area (Å²) in [5, 5.41) is 2.33. The quantitative estimate of drug-likeness (QED) is 0.793. The lowest BCUT2D eigenvalue weighted by atomic mass is 10.2. The molecule has 0 aliphatic carbocycles. The van der Waals surface area contributed by atoms with Crippen LogP contribution in [0.2, 0.25) is 0 Å². The lowest BCUT2D eigenvalue weighted by Crippen LogP contribution is -2.23. The zero-order valence-corrected chi connectivity index (χ0v) is 13.8. The molecule has 0 saturated carbocycles. The Hall–Kier alpha value is -3.03. The summed E-state index contributed by atoms with van der Waals surface area (Å²) in [5.41, 5.74) is 0.186. The molecule has 0 fully saturated rings. The number of para-hydroxylation sites is 1. The van der Waals surface area contributed by atoms with Crippen LogP contribution < -0.4 is 10.1 Å². The fourth-order valence-electron chi connectivity index (χ4n) is 1.98. The molecule has 2 aromatic rings. The summed E-state index contributed by atoms with van der Waals surface area (Å²) >= 11 is 0. The number of rotatable bonds is 6. The summed E-state index contributed by atoms with van der Waals surface area (Å²) in [6, 6.07) is 11.0. The molecule has 0 atom stereocenters. The topological polar surface area (TPSA) is 64.6 Å². The van der Waals surface area contributed by atoms with E-state index in [-0.39, 0.29) is 12.3 Å². The van der Waals surface area contributed by atoms with Crippen molar-refractivity contribution in [3.05, 3.63) is 59.7 Å². The van der Waals surface area contributed by atoms with Crippen molar-refractivity contribution in [3.63, 3.8) is 0 Å². The number of anilines is 1. The number of hydrogen-bond donors (Lipinski definition) is 1. The van der Waals surface area contributed by atoms with E-state index in [1.165, 1.54) is 0 Å². The van der Waals surface area contributed by atoms with Crippen molar-refractivity contribution in [3.8, 4) is 5.75 Å². The van der Waals surface area contributed by atoms with Gasteiger partial charge in [0.2, 0.25) is 0 Å². The molecule has 0 radical (unpaired) electrons. The van der Waals surface area contributed by atoms with Gasteiger partial charge in [-0.2, -0.15) is 13.2 Å². The first-order valence-electron chi connectivity index (χ1n) is 7.57. The lowest BCUT2D eigenvalue weighted by Gasteiger charge is -2.10. The number of benzene rings is 2. The molecule has 8 heteroatoms. The van der Waals surface area contributed by atoms with Gasteiger partial charge in [-0.1, -0.05) is 18.2 Å². The Morgan fingerprint density at radius 2 is 1.65 bits per heavy atom. The predicted molar refractivity (Wildman–Crippen MR) is 87.7 cm³/mol. The van der Waals surface area contributed by atoms with E-state index in [2.05, 4.69) is 5.32 Å². The van der Waals surface area contributed by atoms with Crippen LogP contribution in [0.25, 0.3) is 0 Å². The zero-order chi connectivity index (χ0) is 19.2. The molecule has 0 saturated heterocycles. The van der Waals surface area contributed by atoms with E-state index in [0.717, 1.165) is 29.8 Å². The van der Waals surface area contributed by atoms with Gasteiger partial charge in [0.1, 0.15) is 5.75 Å². The summed E-state index contributed by atoms with van der Waals surface area (Å²) in [6.07, 6.45) is -4.45. The highest BCUT2D eigenvalue weighted by atomic mass is 19.4. The Labute approximate surface area is 147 Å². The number of nitrogens with one attached hydrogen (secondary N) is 1. The van der Waals surface area contributed by atoms with Crippen molar-refractivity contribution >= 4 is 17.6 Å². The highest BCUT2D eigenvalue weighted by Gasteiger charge is 2.29. The Bertz CT molecular complexity index is 773. The summed E-state index contributed by atoms with van der Waals surface area (Å²) in [5.74, 6) is -0.886. The molecule has 0 aliphatic rings. The average molecular weight is 367 g/mol. The van der Waals surface area contributed by atoms with Gasteiger partial charge in [-0.25, -0.2) is 4.79 Å².